The largest absolute Gasteiger partial charge is 0.334 e. The second-order valence-corrected chi connectivity index (χ2v) is 10.4. The van der Waals surface area contributed by atoms with Crippen LogP contribution in [0.1, 0.15) is 29.5 Å². The number of hydrogen-bond acceptors (Lipinski definition) is 3. The number of rotatable bonds is 5. The van der Waals surface area contributed by atoms with Crippen molar-refractivity contribution in [1.29, 1.82) is 0 Å². The summed E-state index contributed by atoms with van der Waals surface area (Å²) < 4.78 is 27.9. The van der Waals surface area contributed by atoms with E-state index < -0.39 is 11.8 Å². The number of anilines is 1. The van der Waals surface area contributed by atoms with Gasteiger partial charge in [-0.15, -0.1) is 0 Å². The highest BCUT2D eigenvalue weighted by molar-refractivity contribution is 6.31. The molecule has 2 aliphatic heterocycles. The summed E-state index contributed by atoms with van der Waals surface area (Å²) in [5.74, 6) is -1.17. The Bertz CT molecular complexity index is 1320. The number of halogens is 4. The van der Waals surface area contributed by atoms with Crippen LogP contribution < -0.4 is 10.2 Å². The third kappa shape index (κ3) is 5.64. The average Bonchev–Trinajstić information content (AvgIpc) is 3.18. The van der Waals surface area contributed by atoms with E-state index in [9.17, 15) is 13.6 Å². The third-order valence-corrected chi connectivity index (χ3v) is 7.74. The van der Waals surface area contributed by atoms with Crippen LogP contribution in [0.3, 0.4) is 0 Å². The first-order chi connectivity index (χ1) is 17.8. The van der Waals surface area contributed by atoms with Gasteiger partial charge in [-0.3, -0.25) is 9.80 Å². The summed E-state index contributed by atoms with van der Waals surface area (Å²) in [6.45, 7) is 3.06. The molecular weight excluding hydrogens is 517 g/mol. The molecule has 5 nitrogen and oxygen atoms in total. The number of aromatic nitrogens is 1. The standard InChI is InChI=1S/C28H26Cl2F2N4O/c29-21-5-3-19(4-6-21)2-1-11-35-12-8-28(9-13-35)18-36(25-16-24(31)23(30)15-22(25)28)27(37)34-17-20-7-10-33-26(32)14-20/h1-7,10,14-16H,8-9,11-13,17-18H2,(H,34,37)/b2-1+. The Labute approximate surface area is 224 Å². The Kier molecular flexibility index (Phi) is 7.47. The van der Waals surface area contributed by atoms with Crippen molar-refractivity contribution in [2.45, 2.75) is 24.8 Å². The van der Waals surface area contributed by atoms with Gasteiger partial charge in [-0.1, -0.05) is 47.5 Å². The maximum Gasteiger partial charge on any atom is 0.322 e. The summed E-state index contributed by atoms with van der Waals surface area (Å²) in [6.07, 6.45) is 7.20. The van der Waals surface area contributed by atoms with Gasteiger partial charge < -0.3 is 5.32 Å². The smallest absolute Gasteiger partial charge is 0.322 e. The number of nitrogens with zero attached hydrogens (tertiary/aromatic N) is 3. The highest BCUT2D eigenvalue weighted by atomic mass is 35.5. The lowest BCUT2D eigenvalue weighted by Crippen LogP contribution is -2.47. The van der Waals surface area contributed by atoms with Gasteiger partial charge in [0.25, 0.3) is 0 Å². The monoisotopic (exact) mass is 542 g/mol. The molecule has 192 valence electrons. The van der Waals surface area contributed by atoms with Crippen molar-refractivity contribution in [1.82, 2.24) is 15.2 Å². The van der Waals surface area contributed by atoms with Crippen LogP contribution in [0.25, 0.3) is 6.08 Å². The molecule has 2 aromatic carbocycles. The van der Waals surface area contributed by atoms with Crippen molar-refractivity contribution < 1.29 is 13.6 Å². The molecule has 0 saturated carbocycles. The van der Waals surface area contributed by atoms with Gasteiger partial charge in [-0.25, -0.2) is 14.2 Å². The van der Waals surface area contributed by atoms with Gasteiger partial charge in [0.1, 0.15) is 5.82 Å². The lowest BCUT2D eigenvalue weighted by Gasteiger charge is -2.39. The van der Waals surface area contributed by atoms with Crippen molar-refractivity contribution >= 4 is 41.0 Å². The molecule has 0 radical (unpaired) electrons. The fraction of sp³-hybridized carbons (Fsp3) is 0.286. The number of nitrogens with one attached hydrogen (secondary N) is 1. The number of piperidine rings is 1. The van der Waals surface area contributed by atoms with E-state index in [4.69, 9.17) is 23.2 Å². The number of carbonyl (C=O) groups excluding carboxylic acids is 1. The molecule has 0 unspecified atom stereocenters. The maximum atomic E-state index is 14.5. The van der Waals surface area contributed by atoms with Gasteiger partial charge >= 0.3 is 6.03 Å². The molecule has 2 amide bonds. The van der Waals surface area contributed by atoms with Gasteiger partial charge in [0.05, 0.1) is 10.7 Å². The Hall–Kier alpha value is -3.00. The summed E-state index contributed by atoms with van der Waals surface area (Å²) in [4.78, 5) is 20.7. The summed E-state index contributed by atoms with van der Waals surface area (Å²) in [7, 11) is 0. The zero-order chi connectivity index (χ0) is 26.0. The van der Waals surface area contributed by atoms with E-state index in [0.29, 0.717) is 22.8 Å². The molecule has 3 aromatic rings. The van der Waals surface area contributed by atoms with Crippen LogP contribution in [0, 0.1) is 11.8 Å². The predicted octanol–water partition coefficient (Wildman–Crippen LogP) is 6.44. The minimum Gasteiger partial charge on any atom is -0.334 e. The predicted molar refractivity (Wildman–Crippen MR) is 143 cm³/mol. The van der Waals surface area contributed by atoms with E-state index in [1.165, 1.54) is 18.3 Å². The van der Waals surface area contributed by atoms with Crippen LogP contribution in [0.4, 0.5) is 19.3 Å². The lowest BCUT2D eigenvalue weighted by molar-refractivity contribution is 0.180. The number of pyridine rings is 1. The number of likely N-dealkylation sites (tertiary alicyclic amines) is 1. The quantitative estimate of drug-likeness (QED) is 0.377. The number of amides is 2. The Morgan fingerprint density at radius 1 is 1.08 bits per heavy atom. The maximum absolute atomic E-state index is 14.5. The SMILES string of the molecule is O=C(NCc1ccnc(F)c1)N1CC2(CCN(C/C=C/c3ccc(Cl)cc3)CC2)c2cc(Cl)c(F)cc21. The molecule has 5 rings (SSSR count). The first kappa shape index (κ1) is 25.6. The van der Waals surface area contributed by atoms with Crippen LogP contribution in [-0.4, -0.2) is 42.1 Å². The average molecular weight is 543 g/mol. The first-order valence-electron chi connectivity index (χ1n) is 12.1. The number of fused-ring (bicyclic) bond motifs is 2. The van der Waals surface area contributed by atoms with Crippen LogP contribution in [0.5, 0.6) is 0 Å². The Balaban J connectivity index is 1.27. The molecule has 3 heterocycles. The summed E-state index contributed by atoms with van der Waals surface area (Å²) in [6, 6.07) is 13.3. The van der Waals surface area contributed by atoms with Crippen molar-refractivity contribution in [3.05, 3.63) is 99.3 Å². The third-order valence-electron chi connectivity index (χ3n) is 7.20. The van der Waals surface area contributed by atoms with Crippen molar-refractivity contribution in [2.75, 3.05) is 31.1 Å². The first-order valence-corrected chi connectivity index (χ1v) is 12.9. The van der Waals surface area contributed by atoms with E-state index in [0.717, 1.165) is 43.6 Å². The van der Waals surface area contributed by atoms with Crippen molar-refractivity contribution in [2.24, 2.45) is 0 Å². The highest BCUT2D eigenvalue weighted by Gasteiger charge is 2.46. The zero-order valence-electron chi connectivity index (χ0n) is 20.1. The minimum absolute atomic E-state index is 0.0565. The summed E-state index contributed by atoms with van der Waals surface area (Å²) >= 11 is 12.1. The summed E-state index contributed by atoms with van der Waals surface area (Å²) in [5, 5.41) is 3.60. The molecule has 1 N–H and O–H groups in total. The second-order valence-electron chi connectivity index (χ2n) is 9.55. The molecule has 2 aliphatic rings. The van der Waals surface area contributed by atoms with Crippen molar-refractivity contribution in [3.63, 3.8) is 0 Å². The van der Waals surface area contributed by atoms with Crippen LogP contribution in [0.2, 0.25) is 10.0 Å². The number of hydrogen-bond donors (Lipinski definition) is 1. The molecule has 0 bridgehead atoms. The number of carbonyl (C=O) groups is 1. The van der Waals surface area contributed by atoms with Gasteiger partial charge in [0.2, 0.25) is 5.95 Å². The zero-order valence-corrected chi connectivity index (χ0v) is 21.6. The fourth-order valence-corrected chi connectivity index (χ4v) is 5.46. The van der Waals surface area contributed by atoms with E-state index >= 15 is 0 Å². The van der Waals surface area contributed by atoms with E-state index in [1.54, 1.807) is 17.0 Å². The van der Waals surface area contributed by atoms with Gasteiger partial charge in [-0.05, 0) is 79.0 Å². The molecule has 0 aliphatic carbocycles. The van der Waals surface area contributed by atoms with Crippen LogP contribution >= 0.6 is 23.2 Å². The van der Waals surface area contributed by atoms with Crippen LogP contribution in [0.15, 0.2) is 60.8 Å². The van der Waals surface area contributed by atoms with Gasteiger partial charge in [0, 0.05) is 36.3 Å². The molecule has 9 heteroatoms. The molecule has 1 saturated heterocycles. The second kappa shape index (κ2) is 10.8. The Morgan fingerprint density at radius 2 is 1.84 bits per heavy atom. The van der Waals surface area contributed by atoms with Gasteiger partial charge in [0.15, 0.2) is 0 Å². The normalized spacial score (nSPS) is 16.9. The van der Waals surface area contributed by atoms with Crippen molar-refractivity contribution in [3.8, 4) is 0 Å². The topological polar surface area (TPSA) is 48.5 Å². The Morgan fingerprint density at radius 3 is 2.57 bits per heavy atom. The van der Waals surface area contributed by atoms with E-state index in [-0.39, 0.29) is 23.0 Å². The molecule has 1 fully saturated rings. The molecule has 37 heavy (non-hydrogen) atoms. The molecule has 0 atom stereocenters. The fourth-order valence-electron chi connectivity index (χ4n) is 5.17. The molecule has 1 aromatic heterocycles. The minimum atomic E-state index is -0.608. The van der Waals surface area contributed by atoms with Crippen LogP contribution in [-0.2, 0) is 12.0 Å². The number of benzene rings is 2. The summed E-state index contributed by atoms with van der Waals surface area (Å²) in [5.41, 5.74) is 2.83. The lowest BCUT2D eigenvalue weighted by atomic mass is 9.74. The number of urea groups is 1. The molecule has 1 spiro atoms. The van der Waals surface area contributed by atoms with E-state index in [1.807, 2.05) is 24.3 Å². The van der Waals surface area contributed by atoms with E-state index in [2.05, 4.69) is 27.4 Å². The highest BCUT2D eigenvalue weighted by Crippen LogP contribution is 2.48. The molecular formula is C28H26Cl2F2N4O. The van der Waals surface area contributed by atoms with Gasteiger partial charge in [-0.2, -0.15) is 4.39 Å².